The van der Waals surface area contributed by atoms with Crippen molar-refractivity contribution in [3.8, 4) is 0 Å². The smallest absolute Gasteiger partial charge is 0.0853 e. The number of allylic oxidation sites excluding steroid dienone is 1. The topological polar surface area (TPSA) is 0 Å². The van der Waals surface area contributed by atoms with Crippen LogP contribution in [-0.2, 0) is 6.42 Å². The van der Waals surface area contributed by atoms with Gasteiger partial charge in [-0.15, -0.1) is 11.8 Å². The predicted molar refractivity (Wildman–Crippen MR) is 75.1 cm³/mol. The fourth-order valence-corrected chi connectivity index (χ4v) is 4.93. The first-order valence-corrected chi connectivity index (χ1v) is 10.0. The zero-order chi connectivity index (χ0) is 11.3. The number of hydrogen-bond donors (Lipinski definition) is 0. The lowest BCUT2D eigenvalue weighted by Crippen LogP contribution is -2.22. The van der Waals surface area contributed by atoms with Gasteiger partial charge in [-0.2, -0.15) is 0 Å². The molecule has 0 spiro atoms. The normalized spacial score (nSPS) is 12.9. The molecular formula is C13H20SSi. The molecule has 0 aliphatic carbocycles. The molecule has 0 heterocycles. The third-order valence-electron chi connectivity index (χ3n) is 2.33. The van der Waals surface area contributed by atoms with Crippen LogP contribution in [0, 0.1) is 0 Å². The molecule has 0 aliphatic rings. The highest BCUT2D eigenvalue weighted by Crippen LogP contribution is 2.24. The standard InChI is InChI=1S/C13H20SSi/c1-14-13(15(2,3)4)11-10-12-8-6-5-7-9-12/h5-9,11H,10H2,1-4H3/b13-11-. The van der Waals surface area contributed by atoms with Gasteiger partial charge in [0.05, 0.1) is 8.07 Å². The summed E-state index contributed by atoms with van der Waals surface area (Å²) in [5.41, 5.74) is 1.40. The van der Waals surface area contributed by atoms with Crippen molar-refractivity contribution in [3.05, 3.63) is 46.5 Å². The van der Waals surface area contributed by atoms with Gasteiger partial charge in [0.2, 0.25) is 0 Å². The van der Waals surface area contributed by atoms with Crippen molar-refractivity contribution in [1.82, 2.24) is 0 Å². The zero-order valence-corrected chi connectivity index (χ0v) is 11.9. The maximum absolute atomic E-state index is 2.41. The number of benzene rings is 1. The average molecular weight is 236 g/mol. The van der Waals surface area contributed by atoms with E-state index in [0.29, 0.717) is 0 Å². The Morgan fingerprint density at radius 2 is 1.80 bits per heavy atom. The fourth-order valence-electron chi connectivity index (χ4n) is 1.52. The van der Waals surface area contributed by atoms with Crippen LogP contribution in [0.2, 0.25) is 19.6 Å². The molecule has 0 aromatic heterocycles. The lowest BCUT2D eigenvalue weighted by molar-refractivity contribution is 1.27. The van der Waals surface area contributed by atoms with Gasteiger partial charge >= 0.3 is 0 Å². The first-order valence-electron chi connectivity index (χ1n) is 5.32. The Balaban J connectivity index is 2.72. The number of hydrogen-bond acceptors (Lipinski definition) is 1. The minimum atomic E-state index is -1.12. The van der Waals surface area contributed by atoms with Gasteiger partial charge < -0.3 is 0 Å². The quantitative estimate of drug-likeness (QED) is 0.700. The van der Waals surface area contributed by atoms with E-state index < -0.39 is 8.07 Å². The van der Waals surface area contributed by atoms with Crippen LogP contribution in [0.25, 0.3) is 0 Å². The molecule has 15 heavy (non-hydrogen) atoms. The van der Waals surface area contributed by atoms with Crippen LogP contribution in [0.1, 0.15) is 5.56 Å². The summed E-state index contributed by atoms with van der Waals surface area (Å²) < 4.78 is 1.60. The van der Waals surface area contributed by atoms with E-state index in [4.69, 9.17) is 0 Å². The average Bonchev–Trinajstić information content (AvgIpc) is 2.18. The van der Waals surface area contributed by atoms with Crippen molar-refractivity contribution in [2.24, 2.45) is 0 Å². The molecule has 0 saturated carbocycles. The van der Waals surface area contributed by atoms with Crippen molar-refractivity contribution < 1.29 is 0 Å². The molecule has 0 N–H and O–H groups in total. The number of thioether (sulfide) groups is 1. The SMILES string of the molecule is CS/C(=C/Cc1ccccc1)[Si](C)(C)C. The van der Waals surface area contributed by atoms with Gasteiger partial charge in [0.15, 0.2) is 0 Å². The minimum absolute atomic E-state index is 1.07. The third kappa shape index (κ3) is 4.27. The Bertz CT molecular complexity index is 322. The van der Waals surface area contributed by atoms with Crippen LogP contribution in [0.15, 0.2) is 40.9 Å². The summed E-state index contributed by atoms with van der Waals surface area (Å²) in [6.45, 7) is 7.21. The first-order chi connectivity index (χ1) is 7.04. The van der Waals surface area contributed by atoms with Gasteiger partial charge in [-0.25, -0.2) is 0 Å². The Morgan fingerprint density at radius 1 is 1.20 bits per heavy atom. The molecule has 0 amide bonds. The van der Waals surface area contributed by atoms with Crippen LogP contribution in [0.4, 0.5) is 0 Å². The van der Waals surface area contributed by atoms with E-state index >= 15 is 0 Å². The second-order valence-electron chi connectivity index (χ2n) is 4.71. The van der Waals surface area contributed by atoms with Gasteiger partial charge in [0.25, 0.3) is 0 Å². The molecule has 0 saturated heterocycles. The van der Waals surface area contributed by atoms with Crippen molar-refractivity contribution in [2.75, 3.05) is 6.26 Å². The molecule has 1 aromatic rings. The summed E-state index contributed by atoms with van der Waals surface area (Å²) in [6, 6.07) is 10.7. The van der Waals surface area contributed by atoms with Gasteiger partial charge in [0.1, 0.15) is 0 Å². The molecule has 1 aromatic carbocycles. The van der Waals surface area contributed by atoms with E-state index in [2.05, 4.69) is 62.3 Å². The summed E-state index contributed by atoms with van der Waals surface area (Å²) in [4.78, 5) is 0. The van der Waals surface area contributed by atoms with E-state index in [-0.39, 0.29) is 0 Å². The van der Waals surface area contributed by atoms with Crippen LogP contribution >= 0.6 is 11.8 Å². The molecule has 2 heteroatoms. The second kappa shape index (κ2) is 5.57. The minimum Gasteiger partial charge on any atom is -0.139 e. The lowest BCUT2D eigenvalue weighted by Gasteiger charge is -2.18. The second-order valence-corrected chi connectivity index (χ2v) is 11.0. The molecule has 0 nitrogen and oxygen atoms in total. The summed E-state index contributed by atoms with van der Waals surface area (Å²) in [6.07, 6.45) is 5.67. The lowest BCUT2D eigenvalue weighted by atomic mass is 10.2. The van der Waals surface area contributed by atoms with Gasteiger partial charge in [-0.3, -0.25) is 0 Å². The van der Waals surface area contributed by atoms with E-state index in [1.165, 1.54) is 5.56 Å². The van der Waals surface area contributed by atoms with E-state index in [9.17, 15) is 0 Å². The summed E-state index contributed by atoms with van der Waals surface area (Å²) in [5.74, 6) is 0. The molecule has 0 unspecified atom stereocenters. The Morgan fingerprint density at radius 3 is 2.27 bits per heavy atom. The molecule has 0 atom stereocenters. The highest BCUT2D eigenvalue weighted by atomic mass is 32.2. The van der Waals surface area contributed by atoms with Crippen LogP contribution < -0.4 is 0 Å². The van der Waals surface area contributed by atoms with Crippen molar-refractivity contribution in [1.29, 1.82) is 0 Å². The van der Waals surface area contributed by atoms with Crippen molar-refractivity contribution in [3.63, 3.8) is 0 Å². The summed E-state index contributed by atoms with van der Waals surface area (Å²) in [5, 5.41) is 0. The Hall–Kier alpha value is -0.473. The van der Waals surface area contributed by atoms with E-state index in [1.807, 2.05) is 11.8 Å². The molecule has 1 rings (SSSR count). The van der Waals surface area contributed by atoms with Crippen LogP contribution in [0.5, 0.6) is 0 Å². The van der Waals surface area contributed by atoms with Crippen LogP contribution in [0.3, 0.4) is 0 Å². The maximum Gasteiger partial charge on any atom is 0.0853 e. The molecule has 82 valence electrons. The Labute approximate surface area is 98.8 Å². The third-order valence-corrected chi connectivity index (χ3v) is 7.06. The maximum atomic E-state index is 2.41. The van der Waals surface area contributed by atoms with Crippen molar-refractivity contribution in [2.45, 2.75) is 26.1 Å². The molecule has 0 fully saturated rings. The van der Waals surface area contributed by atoms with Gasteiger partial charge in [-0.1, -0.05) is 56.0 Å². The summed E-state index contributed by atoms with van der Waals surface area (Å²) >= 11 is 1.92. The number of rotatable bonds is 4. The van der Waals surface area contributed by atoms with Gasteiger partial charge in [-0.05, 0) is 22.8 Å². The van der Waals surface area contributed by atoms with Crippen molar-refractivity contribution >= 4 is 19.8 Å². The summed E-state index contributed by atoms with van der Waals surface area (Å²) in [7, 11) is -1.12. The molecular weight excluding hydrogens is 216 g/mol. The molecule has 0 radical (unpaired) electrons. The van der Waals surface area contributed by atoms with E-state index in [0.717, 1.165) is 6.42 Å². The predicted octanol–water partition coefficient (Wildman–Crippen LogP) is 4.35. The highest BCUT2D eigenvalue weighted by Gasteiger charge is 2.18. The zero-order valence-electron chi connectivity index (χ0n) is 10.1. The molecule has 0 bridgehead atoms. The largest absolute Gasteiger partial charge is 0.139 e. The van der Waals surface area contributed by atoms with E-state index in [1.54, 1.807) is 4.53 Å². The fraction of sp³-hybridized carbons (Fsp3) is 0.385. The van der Waals surface area contributed by atoms with Gasteiger partial charge in [0, 0.05) is 0 Å². The molecule has 0 aliphatic heterocycles. The Kier molecular flexibility index (Phi) is 4.67. The highest BCUT2D eigenvalue weighted by molar-refractivity contribution is 8.04. The first kappa shape index (κ1) is 12.6. The van der Waals surface area contributed by atoms with Crippen LogP contribution in [-0.4, -0.2) is 14.3 Å². The monoisotopic (exact) mass is 236 g/mol.